The molecule has 0 saturated heterocycles. The van der Waals surface area contributed by atoms with Crippen LogP contribution in [0.25, 0.3) is 0 Å². The summed E-state index contributed by atoms with van der Waals surface area (Å²) in [5, 5.41) is 30.4. The van der Waals surface area contributed by atoms with E-state index in [-0.39, 0.29) is 37.7 Å². The van der Waals surface area contributed by atoms with Gasteiger partial charge < -0.3 is 19.7 Å². The second-order valence-electron chi connectivity index (χ2n) is 8.55. The van der Waals surface area contributed by atoms with E-state index in [0.29, 0.717) is 22.2 Å². The summed E-state index contributed by atoms with van der Waals surface area (Å²) in [4.78, 5) is 10.7. The van der Waals surface area contributed by atoms with Gasteiger partial charge in [0.2, 0.25) is 0 Å². The van der Waals surface area contributed by atoms with Crippen molar-refractivity contribution in [3.05, 3.63) is 75.4 Å². The van der Waals surface area contributed by atoms with Gasteiger partial charge in [-0.15, -0.1) is 16.7 Å². The van der Waals surface area contributed by atoms with Crippen molar-refractivity contribution < 1.29 is 19.7 Å². The molecule has 0 bridgehead atoms. The van der Waals surface area contributed by atoms with Gasteiger partial charge in [0.15, 0.2) is 0 Å². The molecule has 2 N–H and O–H groups in total. The van der Waals surface area contributed by atoms with E-state index in [2.05, 4.69) is 29.3 Å². The zero-order valence-corrected chi connectivity index (χ0v) is 21.0. The SMILES string of the molecule is CC(C)(c1ccc(OC[C@H](O)Cn2nncc2CO)cc1)c1ccc(OC[C@H](CCl)N=O)c(Cl)c1. The van der Waals surface area contributed by atoms with Gasteiger partial charge in [-0.2, -0.15) is 4.91 Å². The molecular weight excluding hydrogens is 495 g/mol. The van der Waals surface area contributed by atoms with Crippen molar-refractivity contribution in [1.82, 2.24) is 15.0 Å². The molecule has 9 nitrogen and oxygen atoms in total. The molecule has 0 amide bonds. The Morgan fingerprint density at radius 3 is 2.46 bits per heavy atom. The molecular formula is C24H28Cl2N4O5. The van der Waals surface area contributed by atoms with Gasteiger partial charge in [-0.3, -0.25) is 0 Å². The number of aliphatic hydroxyl groups excluding tert-OH is 2. The first-order valence-corrected chi connectivity index (χ1v) is 11.9. The van der Waals surface area contributed by atoms with Crippen LogP contribution in [-0.2, 0) is 18.6 Å². The van der Waals surface area contributed by atoms with Crippen LogP contribution >= 0.6 is 23.2 Å². The molecule has 0 aliphatic carbocycles. The average Bonchev–Trinajstić information content (AvgIpc) is 3.31. The zero-order valence-electron chi connectivity index (χ0n) is 19.5. The van der Waals surface area contributed by atoms with E-state index >= 15 is 0 Å². The summed E-state index contributed by atoms with van der Waals surface area (Å²) in [6.07, 6.45) is 0.632. The Bertz CT molecular complexity index is 1110. The normalized spacial score (nSPS) is 13.3. The highest BCUT2D eigenvalue weighted by Crippen LogP contribution is 2.36. The Labute approximate surface area is 213 Å². The molecule has 11 heteroatoms. The quantitative estimate of drug-likeness (QED) is 0.257. The molecule has 2 atom stereocenters. The molecule has 0 aliphatic rings. The fourth-order valence-corrected chi connectivity index (χ4v) is 3.81. The number of rotatable bonds is 13. The maximum atomic E-state index is 10.7. The van der Waals surface area contributed by atoms with Crippen LogP contribution in [0.1, 0.15) is 30.7 Å². The van der Waals surface area contributed by atoms with Gasteiger partial charge in [0.25, 0.3) is 0 Å². The number of halogens is 2. The number of ether oxygens (including phenoxy) is 2. The van der Waals surface area contributed by atoms with Gasteiger partial charge in [0.1, 0.15) is 36.9 Å². The molecule has 0 aliphatic heterocycles. The van der Waals surface area contributed by atoms with Gasteiger partial charge in [0.05, 0.1) is 35.9 Å². The lowest BCUT2D eigenvalue weighted by Gasteiger charge is -2.27. The smallest absolute Gasteiger partial charge is 0.139 e. The van der Waals surface area contributed by atoms with Crippen LogP contribution in [0.15, 0.2) is 53.8 Å². The number of aliphatic hydroxyl groups is 2. The van der Waals surface area contributed by atoms with Crippen molar-refractivity contribution in [3.8, 4) is 11.5 Å². The predicted octanol–water partition coefficient (Wildman–Crippen LogP) is 3.94. The second-order valence-corrected chi connectivity index (χ2v) is 9.27. The molecule has 0 unspecified atom stereocenters. The van der Waals surface area contributed by atoms with Gasteiger partial charge in [-0.1, -0.05) is 54.0 Å². The summed E-state index contributed by atoms with van der Waals surface area (Å²) in [5.41, 5.74) is 2.18. The predicted molar refractivity (Wildman–Crippen MR) is 133 cm³/mol. The van der Waals surface area contributed by atoms with Crippen LogP contribution in [0.4, 0.5) is 0 Å². The lowest BCUT2D eigenvalue weighted by Crippen LogP contribution is -2.25. The Morgan fingerprint density at radius 1 is 1.11 bits per heavy atom. The molecule has 0 radical (unpaired) electrons. The molecule has 188 valence electrons. The fourth-order valence-electron chi connectivity index (χ4n) is 3.43. The van der Waals surface area contributed by atoms with E-state index in [0.717, 1.165) is 11.1 Å². The highest BCUT2D eigenvalue weighted by atomic mass is 35.5. The van der Waals surface area contributed by atoms with Crippen LogP contribution in [-0.4, -0.2) is 56.4 Å². The third-order valence-corrected chi connectivity index (χ3v) is 6.33. The molecule has 2 aromatic carbocycles. The number of aromatic nitrogens is 3. The summed E-state index contributed by atoms with van der Waals surface area (Å²) in [6.45, 7) is 4.25. The Morgan fingerprint density at radius 2 is 1.83 bits per heavy atom. The fraction of sp³-hybridized carbons (Fsp3) is 0.417. The van der Waals surface area contributed by atoms with Gasteiger partial charge in [0, 0.05) is 5.41 Å². The summed E-state index contributed by atoms with van der Waals surface area (Å²) in [5.74, 6) is 1.16. The van der Waals surface area contributed by atoms with Gasteiger partial charge in [-0.05, 0) is 35.4 Å². The maximum absolute atomic E-state index is 10.7. The lowest BCUT2D eigenvalue weighted by molar-refractivity contribution is 0.0866. The zero-order chi connectivity index (χ0) is 25.4. The molecule has 35 heavy (non-hydrogen) atoms. The molecule has 3 rings (SSSR count). The highest BCUT2D eigenvalue weighted by molar-refractivity contribution is 6.32. The summed E-state index contributed by atoms with van der Waals surface area (Å²) in [7, 11) is 0. The third-order valence-electron chi connectivity index (χ3n) is 5.67. The first kappa shape index (κ1) is 26.9. The van der Waals surface area contributed by atoms with Crippen molar-refractivity contribution in [2.24, 2.45) is 5.18 Å². The van der Waals surface area contributed by atoms with Gasteiger partial charge >= 0.3 is 0 Å². The Balaban J connectivity index is 1.61. The first-order chi connectivity index (χ1) is 16.8. The standard InChI is InChI=1S/C24H28Cl2N4O5/c1-24(2,17-5-8-23(22(26)9-17)35-14-18(10-25)28-33)16-3-6-21(7-4-16)34-15-20(32)12-30-19(13-31)11-27-29-30/h3-9,11,18,20,31-32H,10,12-15H2,1-2H3/t18-,20+/m0/s1. The van der Waals surface area contributed by atoms with Crippen LogP contribution in [0.5, 0.6) is 11.5 Å². The van der Waals surface area contributed by atoms with Crippen LogP contribution in [0, 0.1) is 4.91 Å². The van der Waals surface area contributed by atoms with Crippen molar-refractivity contribution in [2.45, 2.75) is 44.6 Å². The topological polar surface area (TPSA) is 119 Å². The van der Waals surface area contributed by atoms with Crippen molar-refractivity contribution in [1.29, 1.82) is 0 Å². The highest BCUT2D eigenvalue weighted by Gasteiger charge is 2.24. The third kappa shape index (κ3) is 6.91. The van der Waals surface area contributed by atoms with Crippen LogP contribution < -0.4 is 9.47 Å². The number of hydrogen-bond donors (Lipinski definition) is 2. The van der Waals surface area contributed by atoms with Crippen LogP contribution in [0.3, 0.4) is 0 Å². The average molecular weight is 523 g/mol. The van der Waals surface area contributed by atoms with E-state index in [4.69, 9.17) is 32.7 Å². The number of nitroso groups, excluding NO2 is 1. The molecule has 0 spiro atoms. The van der Waals surface area contributed by atoms with Crippen molar-refractivity contribution in [2.75, 3.05) is 19.1 Å². The van der Waals surface area contributed by atoms with Crippen LogP contribution in [0.2, 0.25) is 5.02 Å². The molecule has 0 saturated carbocycles. The Kier molecular flexibility index (Phi) is 9.45. The number of hydrogen-bond acceptors (Lipinski definition) is 8. The van der Waals surface area contributed by atoms with E-state index in [1.165, 1.54) is 10.9 Å². The van der Waals surface area contributed by atoms with Crippen molar-refractivity contribution >= 4 is 23.2 Å². The van der Waals surface area contributed by atoms with E-state index < -0.39 is 12.1 Å². The second kappa shape index (κ2) is 12.3. The van der Waals surface area contributed by atoms with Crippen molar-refractivity contribution in [3.63, 3.8) is 0 Å². The summed E-state index contributed by atoms with van der Waals surface area (Å²) in [6, 6.07) is 12.5. The molecule has 1 heterocycles. The lowest BCUT2D eigenvalue weighted by atomic mass is 9.78. The largest absolute Gasteiger partial charge is 0.491 e. The molecule has 0 fully saturated rings. The van der Waals surface area contributed by atoms with E-state index in [1.54, 1.807) is 6.07 Å². The van der Waals surface area contributed by atoms with E-state index in [1.807, 2.05) is 36.4 Å². The minimum atomic E-state index is -0.817. The monoisotopic (exact) mass is 522 g/mol. The number of alkyl halides is 1. The number of benzene rings is 2. The minimum absolute atomic E-state index is 0.0625. The summed E-state index contributed by atoms with van der Waals surface area (Å²) < 4.78 is 12.7. The molecule has 1 aromatic heterocycles. The Hall–Kier alpha value is -2.72. The maximum Gasteiger partial charge on any atom is 0.139 e. The van der Waals surface area contributed by atoms with Gasteiger partial charge in [-0.25, -0.2) is 4.68 Å². The first-order valence-electron chi connectivity index (χ1n) is 11.0. The summed E-state index contributed by atoms with van der Waals surface area (Å²) >= 11 is 12.1. The minimum Gasteiger partial charge on any atom is -0.491 e. The molecule has 3 aromatic rings. The number of nitrogens with zero attached hydrogens (tertiary/aromatic N) is 4. The van der Waals surface area contributed by atoms with E-state index in [9.17, 15) is 15.1 Å².